The Kier molecular flexibility index (Phi) is 5.72. The molecular weight excluding hydrogens is 384 g/mol. The van der Waals surface area contributed by atoms with Crippen LogP contribution in [0, 0.1) is 0 Å². The Balaban J connectivity index is 1.47. The van der Waals surface area contributed by atoms with E-state index < -0.39 is 5.97 Å². The number of fused-ring (bicyclic) bond motifs is 1. The molecule has 4 rings (SSSR count). The van der Waals surface area contributed by atoms with Crippen molar-refractivity contribution in [3.63, 3.8) is 0 Å². The number of aryl methyl sites for hydroxylation is 1. The van der Waals surface area contributed by atoms with E-state index in [1.165, 1.54) is 23.1 Å². The van der Waals surface area contributed by atoms with E-state index in [0.29, 0.717) is 5.69 Å². The van der Waals surface area contributed by atoms with Gasteiger partial charge in [0.05, 0.1) is 25.8 Å². The zero-order valence-corrected chi connectivity index (χ0v) is 16.8. The number of aliphatic hydroxyl groups excluding tert-OH is 1. The normalized spacial score (nSPS) is 17.9. The van der Waals surface area contributed by atoms with Gasteiger partial charge < -0.3 is 24.8 Å². The highest BCUT2D eigenvalue weighted by Gasteiger charge is 2.34. The second-order valence-electron chi connectivity index (χ2n) is 7.29. The van der Waals surface area contributed by atoms with Gasteiger partial charge in [0.25, 0.3) is 5.91 Å². The highest BCUT2D eigenvalue weighted by atomic mass is 16.5. The molecule has 1 unspecified atom stereocenters. The lowest BCUT2D eigenvalue weighted by Crippen LogP contribution is -2.31. The Morgan fingerprint density at radius 3 is 2.70 bits per heavy atom. The summed E-state index contributed by atoms with van der Waals surface area (Å²) in [5, 5.41) is 12.2. The number of nitrogens with zero attached hydrogens (tertiary/aromatic N) is 1. The van der Waals surface area contributed by atoms with Crippen LogP contribution in [0.5, 0.6) is 5.75 Å². The first-order valence-corrected chi connectivity index (χ1v) is 9.94. The van der Waals surface area contributed by atoms with E-state index in [0.717, 1.165) is 18.6 Å². The molecule has 156 valence electrons. The van der Waals surface area contributed by atoms with Crippen molar-refractivity contribution in [1.29, 1.82) is 0 Å². The predicted molar refractivity (Wildman–Crippen MR) is 111 cm³/mol. The molecule has 7 nitrogen and oxygen atoms in total. The summed E-state index contributed by atoms with van der Waals surface area (Å²) in [6, 6.07) is 15.6. The molecule has 0 fully saturated rings. The van der Waals surface area contributed by atoms with Crippen LogP contribution in [0.3, 0.4) is 0 Å². The number of hydrogen-bond acceptors (Lipinski definition) is 6. The molecule has 0 spiro atoms. The van der Waals surface area contributed by atoms with Crippen molar-refractivity contribution in [1.82, 2.24) is 4.90 Å². The highest BCUT2D eigenvalue weighted by Crippen LogP contribution is 2.35. The predicted octanol–water partition coefficient (Wildman–Crippen LogP) is 2.43. The van der Waals surface area contributed by atoms with Crippen LogP contribution in [0.4, 0.5) is 5.69 Å². The van der Waals surface area contributed by atoms with E-state index in [2.05, 4.69) is 17.4 Å². The summed E-state index contributed by atoms with van der Waals surface area (Å²) in [5.74, 6) is -0.164. The molecule has 0 aromatic heterocycles. The largest absolute Gasteiger partial charge is 0.486 e. The minimum atomic E-state index is -0.564. The first-order chi connectivity index (χ1) is 14.6. The molecule has 2 aromatic carbocycles. The van der Waals surface area contributed by atoms with Gasteiger partial charge in [0.2, 0.25) is 0 Å². The molecule has 1 aliphatic heterocycles. The third-order valence-electron chi connectivity index (χ3n) is 5.43. The molecule has 1 aliphatic carbocycles. The molecule has 0 radical (unpaired) electrons. The fourth-order valence-corrected chi connectivity index (χ4v) is 3.91. The molecule has 1 heterocycles. The second-order valence-corrected chi connectivity index (χ2v) is 7.29. The number of aliphatic hydroxyl groups is 1. The van der Waals surface area contributed by atoms with Crippen molar-refractivity contribution < 1.29 is 24.2 Å². The molecule has 2 aromatic rings. The van der Waals surface area contributed by atoms with Crippen molar-refractivity contribution in [3.05, 3.63) is 70.9 Å². The van der Waals surface area contributed by atoms with Gasteiger partial charge in [-0.25, -0.2) is 4.79 Å². The SMILES string of the molecule is COC(=O)C1=C(Nc2ccc(OC3CCc4ccccc43)cc2)C(=O)N(CCO)C1. The van der Waals surface area contributed by atoms with Crippen LogP contribution >= 0.6 is 0 Å². The smallest absolute Gasteiger partial charge is 0.337 e. The maximum absolute atomic E-state index is 12.6. The van der Waals surface area contributed by atoms with Crippen molar-refractivity contribution >= 4 is 17.6 Å². The van der Waals surface area contributed by atoms with Crippen LogP contribution in [0.25, 0.3) is 0 Å². The van der Waals surface area contributed by atoms with Gasteiger partial charge in [0, 0.05) is 12.2 Å². The van der Waals surface area contributed by atoms with Gasteiger partial charge in [-0.1, -0.05) is 24.3 Å². The molecule has 30 heavy (non-hydrogen) atoms. The van der Waals surface area contributed by atoms with E-state index in [9.17, 15) is 9.59 Å². The number of nitrogens with one attached hydrogen (secondary N) is 1. The zero-order valence-electron chi connectivity index (χ0n) is 16.8. The number of amides is 1. The summed E-state index contributed by atoms with van der Waals surface area (Å²) in [7, 11) is 1.28. The molecule has 0 saturated heterocycles. The fraction of sp³-hybridized carbons (Fsp3) is 0.304. The lowest BCUT2D eigenvalue weighted by Gasteiger charge is -2.16. The Labute approximate surface area is 174 Å². The summed E-state index contributed by atoms with van der Waals surface area (Å²) in [6.07, 6.45) is 2.00. The summed E-state index contributed by atoms with van der Waals surface area (Å²) < 4.78 is 11.0. The molecule has 0 saturated carbocycles. The lowest BCUT2D eigenvalue weighted by molar-refractivity contribution is -0.136. The molecule has 1 atom stereocenters. The minimum absolute atomic E-state index is 0.0390. The second kappa shape index (κ2) is 8.59. The van der Waals surface area contributed by atoms with Crippen LogP contribution < -0.4 is 10.1 Å². The average molecular weight is 408 g/mol. The number of ether oxygens (including phenoxy) is 2. The summed E-state index contributed by atoms with van der Waals surface area (Å²) in [5.41, 5.74) is 3.64. The third-order valence-corrected chi connectivity index (χ3v) is 5.43. The Morgan fingerprint density at radius 1 is 1.20 bits per heavy atom. The van der Waals surface area contributed by atoms with Crippen LogP contribution in [0.15, 0.2) is 59.8 Å². The van der Waals surface area contributed by atoms with Gasteiger partial charge >= 0.3 is 5.97 Å². The number of anilines is 1. The molecule has 7 heteroatoms. The number of rotatable bonds is 7. The number of benzene rings is 2. The van der Waals surface area contributed by atoms with Crippen molar-refractivity contribution in [2.24, 2.45) is 0 Å². The van der Waals surface area contributed by atoms with Crippen LogP contribution in [-0.4, -0.2) is 48.7 Å². The first kappa shape index (κ1) is 20.0. The molecule has 0 bridgehead atoms. The molecule has 2 aliphatic rings. The number of hydrogen-bond donors (Lipinski definition) is 2. The average Bonchev–Trinajstić information content (AvgIpc) is 3.31. The number of esters is 1. The van der Waals surface area contributed by atoms with E-state index in [-0.39, 0.29) is 43.0 Å². The van der Waals surface area contributed by atoms with Gasteiger partial charge in [-0.2, -0.15) is 0 Å². The molecular formula is C23H24N2O5. The van der Waals surface area contributed by atoms with Gasteiger partial charge in [0.1, 0.15) is 17.6 Å². The Bertz CT molecular complexity index is 983. The van der Waals surface area contributed by atoms with E-state index >= 15 is 0 Å². The Morgan fingerprint density at radius 2 is 1.97 bits per heavy atom. The number of carbonyl (C=O) groups is 2. The van der Waals surface area contributed by atoms with E-state index in [1.807, 2.05) is 24.3 Å². The number of β-amino-alcohol motifs (C(OH)–C–C–N with tert-alkyl or cyclic N) is 1. The van der Waals surface area contributed by atoms with Crippen LogP contribution in [0.1, 0.15) is 23.7 Å². The standard InChI is InChI=1S/C23H24N2O5/c1-29-23(28)19-14-25(12-13-26)22(27)21(19)24-16-7-9-17(10-8-16)30-20-11-6-15-4-2-3-5-18(15)20/h2-5,7-10,20,24,26H,6,11-14H2,1H3. The maximum Gasteiger partial charge on any atom is 0.337 e. The van der Waals surface area contributed by atoms with Crippen molar-refractivity contribution in [2.75, 3.05) is 32.1 Å². The first-order valence-electron chi connectivity index (χ1n) is 9.94. The monoisotopic (exact) mass is 408 g/mol. The van der Waals surface area contributed by atoms with E-state index in [4.69, 9.17) is 14.6 Å². The van der Waals surface area contributed by atoms with Gasteiger partial charge in [-0.15, -0.1) is 0 Å². The fourth-order valence-electron chi connectivity index (χ4n) is 3.91. The van der Waals surface area contributed by atoms with Gasteiger partial charge in [0.15, 0.2) is 0 Å². The van der Waals surface area contributed by atoms with Crippen LogP contribution in [0.2, 0.25) is 0 Å². The topological polar surface area (TPSA) is 88.1 Å². The van der Waals surface area contributed by atoms with Crippen molar-refractivity contribution in [3.8, 4) is 5.75 Å². The van der Waals surface area contributed by atoms with Gasteiger partial charge in [-0.05, 0) is 48.2 Å². The zero-order chi connectivity index (χ0) is 21.1. The molecule has 1 amide bonds. The van der Waals surface area contributed by atoms with Crippen molar-refractivity contribution in [2.45, 2.75) is 18.9 Å². The number of methoxy groups -OCH3 is 1. The number of carbonyl (C=O) groups excluding carboxylic acids is 2. The van der Waals surface area contributed by atoms with E-state index in [1.54, 1.807) is 12.1 Å². The molecule has 2 N–H and O–H groups in total. The Hall–Kier alpha value is -3.32. The lowest BCUT2D eigenvalue weighted by atomic mass is 10.1. The third kappa shape index (κ3) is 3.89. The summed E-state index contributed by atoms with van der Waals surface area (Å²) in [4.78, 5) is 26.1. The van der Waals surface area contributed by atoms with Gasteiger partial charge in [-0.3, -0.25) is 4.79 Å². The summed E-state index contributed by atoms with van der Waals surface area (Å²) >= 11 is 0. The minimum Gasteiger partial charge on any atom is -0.486 e. The highest BCUT2D eigenvalue weighted by molar-refractivity contribution is 6.08. The van der Waals surface area contributed by atoms with Crippen LogP contribution in [-0.2, 0) is 20.7 Å². The maximum atomic E-state index is 12.6. The quantitative estimate of drug-likeness (QED) is 0.684. The summed E-state index contributed by atoms with van der Waals surface area (Å²) in [6.45, 7) is 0.0840.